The molecule has 0 saturated carbocycles. The van der Waals surface area contributed by atoms with E-state index in [0.29, 0.717) is 0 Å². The van der Waals surface area contributed by atoms with Crippen LogP contribution in [0.15, 0.2) is 36.4 Å². The molecule has 0 heterocycles. The molecular weight excluding hydrogens is 246 g/mol. The second-order valence-corrected chi connectivity index (χ2v) is 5.63. The van der Waals surface area contributed by atoms with E-state index in [1.807, 2.05) is 0 Å². The molecule has 0 bridgehead atoms. The van der Waals surface area contributed by atoms with Crippen LogP contribution in [0.1, 0.15) is 44.6 Å². The van der Waals surface area contributed by atoms with Crippen molar-refractivity contribution in [3.63, 3.8) is 0 Å². The van der Waals surface area contributed by atoms with Gasteiger partial charge in [0, 0.05) is 6.54 Å². The van der Waals surface area contributed by atoms with Gasteiger partial charge < -0.3 is 10.1 Å². The van der Waals surface area contributed by atoms with Crippen molar-refractivity contribution in [2.24, 2.45) is 5.92 Å². The van der Waals surface area contributed by atoms with Crippen LogP contribution in [-0.2, 0) is 6.54 Å². The second kappa shape index (κ2) is 8.80. The van der Waals surface area contributed by atoms with Crippen LogP contribution in [0, 0.1) is 5.92 Å². The van der Waals surface area contributed by atoms with Gasteiger partial charge in [0.1, 0.15) is 5.75 Å². The summed E-state index contributed by atoms with van der Waals surface area (Å²) in [6.07, 6.45) is 10.7. The Kier molecular flexibility index (Phi) is 6.65. The van der Waals surface area contributed by atoms with E-state index >= 15 is 0 Å². The van der Waals surface area contributed by atoms with Gasteiger partial charge in [-0.25, -0.2) is 0 Å². The lowest BCUT2D eigenvalue weighted by molar-refractivity contribution is 0.309. The average molecular weight is 273 g/mol. The second-order valence-electron chi connectivity index (χ2n) is 5.63. The van der Waals surface area contributed by atoms with E-state index < -0.39 is 0 Å². The van der Waals surface area contributed by atoms with Crippen molar-refractivity contribution in [2.75, 3.05) is 13.2 Å². The quantitative estimate of drug-likeness (QED) is 0.563. The van der Waals surface area contributed by atoms with Gasteiger partial charge in [-0.1, -0.05) is 37.6 Å². The Morgan fingerprint density at radius 1 is 1.20 bits per heavy atom. The van der Waals surface area contributed by atoms with Gasteiger partial charge in [-0.05, 0) is 55.8 Å². The highest BCUT2D eigenvalue weighted by molar-refractivity contribution is 5.27. The molecule has 0 fully saturated rings. The molecule has 1 aliphatic carbocycles. The highest BCUT2D eigenvalue weighted by Crippen LogP contribution is 2.17. The van der Waals surface area contributed by atoms with E-state index in [4.69, 9.17) is 4.74 Å². The van der Waals surface area contributed by atoms with Crippen molar-refractivity contribution in [3.05, 3.63) is 42.0 Å². The first kappa shape index (κ1) is 15.1. The molecule has 0 aromatic heterocycles. The van der Waals surface area contributed by atoms with E-state index in [2.05, 4.69) is 48.7 Å². The van der Waals surface area contributed by atoms with Crippen LogP contribution < -0.4 is 10.1 Å². The summed E-state index contributed by atoms with van der Waals surface area (Å²) in [5, 5.41) is 3.57. The number of rotatable bonds is 8. The number of nitrogens with one attached hydrogen (secondary N) is 1. The predicted octanol–water partition coefficient (Wildman–Crippen LogP) is 4.31. The van der Waals surface area contributed by atoms with Crippen molar-refractivity contribution in [2.45, 2.75) is 45.6 Å². The van der Waals surface area contributed by atoms with Crippen LogP contribution in [0.2, 0.25) is 0 Å². The first-order chi connectivity index (χ1) is 9.88. The maximum absolute atomic E-state index is 5.67. The van der Waals surface area contributed by atoms with Gasteiger partial charge in [-0.15, -0.1) is 0 Å². The van der Waals surface area contributed by atoms with Gasteiger partial charge in [0.15, 0.2) is 0 Å². The summed E-state index contributed by atoms with van der Waals surface area (Å²) in [4.78, 5) is 0. The number of ether oxygens (including phenoxy) is 1. The van der Waals surface area contributed by atoms with Gasteiger partial charge in [0.05, 0.1) is 6.61 Å². The van der Waals surface area contributed by atoms with Gasteiger partial charge in [-0.3, -0.25) is 0 Å². The van der Waals surface area contributed by atoms with Crippen LogP contribution in [0.5, 0.6) is 5.75 Å². The fourth-order valence-corrected chi connectivity index (χ4v) is 2.50. The fraction of sp³-hybridized carbons (Fsp3) is 0.556. The van der Waals surface area contributed by atoms with Crippen LogP contribution >= 0.6 is 0 Å². The number of hydrogen-bond donors (Lipinski definition) is 1. The van der Waals surface area contributed by atoms with Gasteiger partial charge in [0.25, 0.3) is 0 Å². The number of hydrogen-bond acceptors (Lipinski definition) is 2. The molecule has 1 aliphatic rings. The van der Waals surface area contributed by atoms with E-state index in [-0.39, 0.29) is 0 Å². The van der Waals surface area contributed by atoms with Crippen molar-refractivity contribution in [1.82, 2.24) is 5.32 Å². The standard InChI is InChI=1S/C18H27NO/c1-2-3-13-20-18-11-9-17(10-12-18)15-19-14-16-7-5-4-6-8-16/h4-5,9-12,16,19H,2-3,6-8,13-15H2,1H3. The Labute approximate surface area is 123 Å². The lowest BCUT2D eigenvalue weighted by Gasteiger charge is -2.18. The highest BCUT2D eigenvalue weighted by Gasteiger charge is 2.08. The Bertz CT molecular complexity index is 396. The number of allylic oxidation sites excluding steroid dienone is 2. The maximum atomic E-state index is 5.67. The molecule has 0 aliphatic heterocycles. The van der Waals surface area contributed by atoms with Gasteiger partial charge in [0.2, 0.25) is 0 Å². The van der Waals surface area contributed by atoms with Crippen molar-refractivity contribution in [1.29, 1.82) is 0 Å². The molecule has 2 nitrogen and oxygen atoms in total. The summed E-state index contributed by atoms with van der Waals surface area (Å²) in [7, 11) is 0. The Balaban J connectivity index is 1.66. The Morgan fingerprint density at radius 2 is 2.05 bits per heavy atom. The van der Waals surface area contributed by atoms with Crippen LogP contribution in [0.3, 0.4) is 0 Å². The normalized spacial score (nSPS) is 18.1. The topological polar surface area (TPSA) is 21.3 Å². The minimum atomic E-state index is 0.816. The Morgan fingerprint density at radius 3 is 2.75 bits per heavy atom. The SMILES string of the molecule is CCCCOc1ccc(CNCC2CC=CCC2)cc1. The van der Waals surface area contributed by atoms with E-state index in [9.17, 15) is 0 Å². The fourth-order valence-electron chi connectivity index (χ4n) is 2.50. The van der Waals surface area contributed by atoms with Crippen molar-refractivity contribution < 1.29 is 4.74 Å². The minimum Gasteiger partial charge on any atom is -0.494 e. The zero-order chi connectivity index (χ0) is 14.0. The largest absolute Gasteiger partial charge is 0.494 e. The highest BCUT2D eigenvalue weighted by atomic mass is 16.5. The molecule has 2 rings (SSSR count). The molecule has 0 amide bonds. The molecule has 0 radical (unpaired) electrons. The molecule has 1 aromatic rings. The van der Waals surface area contributed by atoms with Crippen LogP contribution in [0.4, 0.5) is 0 Å². The summed E-state index contributed by atoms with van der Waals surface area (Å²) in [5.74, 6) is 1.80. The zero-order valence-corrected chi connectivity index (χ0v) is 12.6. The molecule has 1 atom stereocenters. The molecule has 1 N–H and O–H groups in total. The average Bonchev–Trinajstić information content (AvgIpc) is 2.50. The monoisotopic (exact) mass is 273 g/mol. The third-order valence-electron chi connectivity index (χ3n) is 3.83. The first-order valence-corrected chi connectivity index (χ1v) is 7.96. The van der Waals surface area contributed by atoms with Gasteiger partial charge in [-0.2, -0.15) is 0 Å². The van der Waals surface area contributed by atoms with Crippen LogP contribution in [0.25, 0.3) is 0 Å². The smallest absolute Gasteiger partial charge is 0.119 e. The van der Waals surface area contributed by atoms with E-state index in [0.717, 1.165) is 37.8 Å². The molecule has 1 aromatic carbocycles. The van der Waals surface area contributed by atoms with Gasteiger partial charge >= 0.3 is 0 Å². The number of benzene rings is 1. The van der Waals surface area contributed by atoms with Crippen molar-refractivity contribution >= 4 is 0 Å². The molecular formula is C18H27NO. The molecule has 1 unspecified atom stereocenters. The molecule has 0 spiro atoms. The zero-order valence-electron chi connectivity index (χ0n) is 12.6. The summed E-state index contributed by atoms with van der Waals surface area (Å²) in [5.41, 5.74) is 1.33. The predicted molar refractivity (Wildman–Crippen MR) is 85.0 cm³/mol. The van der Waals surface area contributed by atoms with E-state index in [1.54, 1.807) is 0 Å². The molecule has 110 valence electrons. The lowest BCUT2D eigenvalue weighted by Crippen LogP contribution is -2.23. The Hall–Kier alpha value is -1.28. The lowest BCUT2D eigenvalue weighted by atomic mass is 9.94. The van der Waals surface area contributed by atoms with Crippen molar-refractivity contribution in [3.8, 4) is 5.75 Å². The number of unbranched alkanes of at least 4 members (excludes halogenated alkanes) is 1. The van der Waals surface area contributed by atoms with Crippen LogP contribution in [-0.4, -0.2) is 13.2 Å². The summed E-state index contributed by atoms with van der Waals surface area (Å²) in [6, 6.07) is 8.48. The third kappa shape index (κ3) is 5.38. The maximum Gasteiger partial charge on any atom is 0.119 e. The molecule has 0 saturated heterocycles. The third-order valence-corrected chi connectivity index (χ3v) is 3.83. The molecule has 2 heteroatoms. The van der Waals surface area contributed by atoms with E-state index in [1.165, 1.54) is 31.2 Å². The summed E-state index contributed by atoms with van der Waals surface area (Å²) < 4.78 is 5.67. The summed E-state index contributed by atoms with van der Waals surface area (Å²) >= 11 is 0. The summed E-state index contributed by atoms with van der Waals surface area (Å²) in [6.45, 7) is 5.08. The minimum absolute atomic E-state index is 0.816. The molecule has 20 heavy (non-hydrogen) atoms. The first-order valence-electron chi connectivity index (χ1n) is 7.96.